The quantitative estimate of drug-likeness (QED) is 0.722. The first kappa shape index (κ1) is 15.2. The molecule has 0 aliphatic heterocycles. The van der Waals surface area contributed by atoms with Crippen molar-refractivity contribution in [3.8, 4) is 5.75 Å². The van der Waals surface area contributed by atoms with Gasteiger partial charge in [0.2, 0.25) is 0 Å². The van der Waals surface area contributed by atoms with Gasteiger partial charge in [0.15, 0.2) is 0 Å². The highest BCUT2D eigenvalue weighted by Gasteiger charge is 2.09. The number of benzene rings is 2. The third-order valence-electron chi connectivity index (χ3n) is 3.44. The highest BCUT2D eigenvalue weighted by molar-refractivity contribution is 14.1. The largest absolute Gasteiger partial charge is 0.497 e. The first-order chi connectivity index (χ1) is 9.63. The van der Waals surface area contributed by atoms with E-state index >= 15 is 0 Å². The van der Waals surface area contributed by atoms with Crippen LogP contribution >= 0.6 is 22.6 Å². The molecule has 0 saturated heterocycles. The van der Waals surface area contributed by atoms with Gasteiger partial charge < -0.3 is 10.1 Å². The molecule has 0 bridgehead atoms. The second kappa shape index (κ2) is 6.97. The highest BCUT2D eigenvalue weighted by atomic mass is 127. The zero-order valence-electron chi connectivity index (χ0n) is 12.1. The van der Waals surface area contributed by atoms with E-state index in [2.05, 4.69) is 72.1 Å². The maximum Gasteiger partial charge on any atom is 0.118 e. The predicted octanol–water partition coefficient (Wildman–Crippen LogP) is 5.17. The maximum atomic E-state index is 5.21. The molecule has 2 aromatic carbocycles. The van der Waals surface area contributed by atoms with Crippen LogP contribution in [0.1, 0.15) is 30.5 Å². The fourth-order valence-electron chi connectivity index (χ4n) is 2.14. The van der Waals surface area contributed by atoms with Gasteiger partial charge in [-0.1, -0.05) is 25.1 Å². The van der Waals surface area contributed by atoms with Crippen LogP contribution in [0.15, 0.2) is 42.5 Å². The highest BCUT2D eigenvalue weighted by Crippen LogP contribution is 2.26. The summed E-state index contributed by atoms with van der Waals surface area (Å²) in [5, 5.41) is 3.60. The van der Waals surface area contributed by atoms with Crippen LogP contribution in [0.25, 0.3) is 0 Å². The van der Waals surface area contributed by atoms with E-state index in [4.69, 9.17) is 4.74 Å². The van der Waals surface area contributed by atoms with Gasteiger partial charge in [-0.3, -0.25) is 0 Å². The molecule has 1 N–H and O–H groups in total. The van der Waals surface area contributed by atoms with Crippen LogP contribution in [0, 0.1) is 10.5 Å². The van der Waals surface area contributed by atoms with Crippen molar-refractivity contribution in [1.82, 2.24) is 0 Å². The van der Waals surface area contributed by atoms with Crippen LogP contribution in [0.3, 0.4) is 0 Å². The number of methoxy groups -OCH3 is 1. The molecule has 0 amide bonds. The fourth-order valence-corrected chi connectivity index (χ4v) is 2.66. The van der Waals surface area contributed by atoms with Crippen LogP contribution < -0.4 is 10.1 Å². The summed E-state index contributed by atoms with van der Waals surface area (Å²) in [6.45, 7) is 4.33. The molecule has 20 heavy (non-hydrogen) atoms. The molecule has 0 radical (unpaired) electrons. The molecule has 0 aliphatic rings. The first-order valence-electron chi connectivity index (χ1n) is 6.80. The Morgan fingerprint density at radius 2 is 1.85 bits per heavy atom. The number of aryl methyl sites for hydroxylation is 1. The molecular formula is C17H20INO. The minimum absolute atomic E-state index is 0.319. The van der Waals surface area contributed by atoms with E-state index in [0.29, 0.717) is 6.04 Å². The molecule has 0 aliphatic carbocycles. The van der Waals surface area contributed by atoms with Crippen LogP contribution in [0.5, 0.6) is 5.75 Å². The molecule has 2 aromatic rings. The molecule has 1 unspecified atom stereocenters. The van der Waals surface area contributed by atoms with E-state index in [-0.39, 0.29) is 0 Å². The van der Waals surface area contributed by atoms with E-state index in [1.807, 2.05) is 12.1 Å². The number of hydrogen-bond acceptors (Lipinski definition) is 2. The third-order valence-corrected chi connectivity index (χ3v) is 4.60. The smallest absolute Gasteiger partial charge is 0.118 e. The summed E-state index contributed by atoms with van der Waals surface area (Å²) < 4.78 is 6.50. The molecule has 1 atom stereocenters. The van der Waals surface area contributed by atoms with Gasteiger partial charge >= 0.3 is 0 Å². The van der Waals surface area contributed by atoms with Crippen molar-refractivity contribution >= 4 is 28.3 Å². The van der Waals surface area contributed by atoms with Gasteiger partial charge in [-0.2, -0.15) is 0 Å². The number of hydrogen-bond donors (Lipinski definition) is 1. The summed E-state index contributed by atoms with van der Waals surface area (Å²) in [5.74, 6) is 0.897. The summed E-state index contributed by atoms with van der Waals surface area (Å²) in [6.07, 6.45) is 1.04. The van der Waals surface area contributed by atoms with Gasteiger partial charge in [-0.25, -0.2) is 0 Å². The topological polar surface area (TPSA) is 21.3 Å². The summed E-state index contributed by atoms with van der Waals surface area (Å²) in [6, 6.07) is 15.1. The number of nitrogens with one attached hydrogen (secondary N) is 1. The minimum Gasteiger partial charge on any atom is -0.497 e. The summed E-state index contributed by atoms with van der Waals surface area (Å²) in [7, 11) is 1.69. The Morgan fingerprint density at radius 1 is 1.15 bits per heavy atom. The first-order valence-corrected chi connectivity index (χ1v) is 7.88. The Balaban J connectivity index is 2.16. The molecule has 0 saturated carbocycles. The van der Waals surface area contributed by atoms with Gasteiger partial charge in [0.1, 0.15) is 5.75 Å². The zero-order valence-corrected chi connectivity index (χ0v) is 14.3. The Morgan fingerprint density at radius 3 is 2.40 bits per heavy atom. The van der Waals surface area contributed by atoms with Crippen molar-refractivity contribution in [3.05, 3.63) is 57.2 Å². The van der Waals surface area contributed by atoms with Crippen LogP contribution in [0.4, 0.5) is 5.69 Å². The van der Waals surface area contributed by atoms with Gasteiger partial charge in [0.25, 0.3) is 0 Å². The lowest BCUT2D eigenvalue weighted by molar-refractivity contribution is 0.414. The standard InChI is InChI=1S/C17H20INO/c1-4-17(13-6-9-15(20-3)10-7-13)19-14-8-5-12(2)16(18)11-14/h5-11,17,19H,4H2,1-3H3. The van der Waals surface area contributed by atoms with E-state index in [0.717, 1.165) is 12.2 Å². The third kappa shape index (κ3) is 3.66. The lowest BCUT2D eigenvalue weighted by Gasteiger charge is -2.19. The monoisotopic (exact) mass is 381 g/mol. The van der Waals surface area contributed by atoms with Crippen molar-refractivity contribution in [3.63, 3.8) is 0 Å². The predicted molar refractivity (Wildman–Crippen MR) is 93.5 cm³/mol. The van der Waals surface area contributed by atoms with Crippen LogP contribution in [0.2, 0.25) is 0 Å². The Labute approximate surface area is 134 Å². The fraction of sp³-hybridized carbons (Fsp3) is 0.294. The molecule has 0 spiro atoms. The van der Waals surface area contributed by atoms with E-state index in [1.54, 1.807) is 7.11 Å². The van der Waals surface area contributed by atoms with Crippen molar-refractivity contribution in [1.29, 1.82) is 0 Å². The second-order valence-corrected chi connectivity index (χ2v) is 6.00. The number of anilines is 1. The van der Waals surface area contributed by atoms with Crippen molar-refractivity contribution in [2.75, 3.05) is 12.4 Å². The lowest BCUT2D eigenvalue weighted by Crippen LogP contribution is -2.09. The second-order valence-electron chi connectivity index (χ2n) is 4.84. The molecule has 0 fully saturated rings. The molecule has 3 heteroatoms. The van der Waals surface area contributed by atoms with E-state index in [1.165, 1.54) is 20.4 Å². The van der Waals surface area contributed by atoms with Gasteiger partial charge in [0, 0.05) is 9.26 Å². The maximum absolute atomic E-state index is 5.21. The molecule has 0 heterocycles. The van der Waals surface area contributed by atoms with Gasteiger partial charge in [-0.15, -0.1) is 0 Å². The van der Waals surface area contributed by atoms with Crippen LogP contribution in [-0.2, 0) is 0 Å². The van der Waals surface area contributed by atoms with Gasteiger partial charge in [-0.05, 0) is 71.3 Å². The number of ether oxygens (including phenoxy) is 1. The van der Waals surface area contributed by atoms with E-state index in [9.17, 15) is 0 Å². The van der Waals surface area contributed by atoms with Crippen LogP contribution in [-0.4, -0.2) is 7.11 Å². The summed E-state index contributed by atoms with van der Waals surface area (Å²) in [5.41, 5.74) is 3.76. The molecule has 2 rings (SSSR count). The number of halogens is 1. The molecule has 106 valence electrons. The SMILES string of the molecule is CCC(Nc1ccc(C)c(I)c1)c1ccc(OC)cc1. The molecule has 0 aromatic heterocycles. The minimum atomic E-state index is 0.319. The van der Waals surface area contributed by atoms with Crippen molar-refractivity contribution in [2.45, 2.75) is 26.3 Å². The summed E-state index contributed by atoms with van der Waals surface area (Å²) in [4.78, 5) is 0. The Bertz CT molecular complexity index is 566. The Hall–Kier alpha value is -1.23. The zero-order chi connectivity index (χ0) is 14.5. The Kier molecular flexibility index (Phi) is 5.29. The van der Waals surface area contributed by atoms with Gasteiger partial charge in [0.05, 0.1) is 13.2 Å². The average Bonchev–Trinajstić information content (AvgIpc) is 2.48. The number of rotatable bonds is 5. The molecule has 2 nitrogen and oxygen atoms in total. The lowest BCUT2D eigenvalue weighted by atomic mass is 10.0. The van der Waals surface area contributed by atoms with E-state index < -0.39 is 0 Å². The average molecular weight is 381 g/mol. The molecular weight excluding hydrogens is 361 g/mol. The summed E-state index contributed by atoms with van der Waals surface area (Å²) >= 11 is 2.38. The van der Waals surface area contributed by atoms with Crippen molar-refractivity contribution < 1.29 is 4.74 Å². The van der Waals surface area contributed by atoms with Crippen molar-refractivity contribution in [2.24, 2.45) is 0 Å². The normalized spacial score (nSPS) is 12.0.